The number of hydrogen-bond acceptors (Lipinski definition) is 3. The molecule has 0 bridgehead atoms. The molecule has 1 N–H and O–H groups in total. The number of H-pyrrole nitrogens is 1. The Morgan fingerprint density at radius 3 is 2.71 bits per heavy atom. The van der Waals surface area contributed by atoms with Gasteiger partial charge in [-0.3, -0.25) is 9.89 Å². The van der Waals surface area contributed by atoms with Crippen LogP contribution in [0.4, 0.5) is 0 Å². The molecule has 1 aliphatic heterocycles. The van der Waals surface area contributed by atoms with Crippen LogP contribution >= 0.6 is 11.6 Å². The van der Waals surface area contributed by atoms with Crippen molar-refractivity contribution in [1.29, 1.82) is 0 Å². The maximum absolute atomic E-state index is 12.5. The smallest absolute Gasteiger partial charge is 0.274 e. The number of halogens is 1. The van der Waals surface area contributed by atoms with Gasteiger partial charge in [0, 0.05) is 36.6 Å². The third-order valence-electron chi connectivity index (χ3n) is 4.21. The lowest BCUT2D eigenvalue weighted by atomic mass is 10.1. The van der Waals surface area contributed by atoms with Crippen molar-refractivity contribution in [3.8, 4) is 5.75 Å². The molecule has 0 atom stereocenters. The number of amides is 1. The standard InChI is InChI=1S/C18H22ClN3O2/c1-2-3-14-12-17(21-20-14)18(23)22-10-8-16(9-11-22)24-15-6-4-13(19)5-7-15/h4-7,12,16H,2-3,8-11H2,1H3,(H,20,21). The van der Waals surface area contributed by atoms with Gasteiger partial charge in [-0.15, -0.1) is 0 Å². The normalized spacial score (nSPS) is 15.5. The molecule has 0 saturated carbocycles. The molecule has 1 aromatic heterocycles. The summed E-state index contributed by atoms with van der Waals surface area (Å²) in [6.07, 6.45) is 3.71. The highest BCUT2D eigenvalue weighted by molar-refractivity contribution is 6.30. The monoisotopic (exact) mass is 347 g/mol. The van der Waals surface area contributed by atoms with E-state index in [1.165, 1.54) is 0 Å². The van der Waals surface area contributed by atoms with Crippen LogP contribution in [0.1, 0.15) is 42.4 Å². The van der Waals surface area contributed by atoms with Gasteiger partial charge in [-0.05, 0) is 36.8 Å². The van der Waals surface area contributed by atoms with Crippen LogP contribution < -0.4 is 4.74 Å². The summed E-state index contributed by atoms with van der Waals surface area (Å²) >= 11 is 5.88. The Morgan fingerprint density at radius 1 is 1.33 bits per heavy atom. The molecular formula is C18H22ClN3O2. The minimum Gasteiger partial charge on any atom is -0.490 e. The Morgan fingerprint density at radius 2 is 2.04 bits per heavy atom. The zero-order valence-corrected chi connectivity index (χ0v) is 14.6. The predicted molar refractivity (Wildman–Crippen MR) is 93.6 cm³/mol. The first-order chi connectivity index (χ1) is 11.7. The number of carbonyl (C=O) groups is 1. The van der Waals surface area contributed by atoms with Gasteiger partial charge in [-0.25, -0.2) is 0 Å². The molecule has 24 heavy (non-hydrogen) atoms. The minimum atomic E-state index is -0.00135. The lowest BCUT2D eigenvalue weighted by molar-refractivity contribution is 0.0590. The predicted octanol–water partition coefficient (Wildman–Crippen LogP) is 3.70. The molecule has 0 radical (unpaired) electrons. The van der Waals surface area contributed by atoms with Crippen LogP contribution in [0, 0.1) is 0 Å². The summed E-state index contributed by atoms with van der Waals surface area (Å²) in [6, 6.07) is 9.25. The number of aromatic amines is 1. The Hall–Kier alpha value is -2.01. The second kappa shape index (κ2) is 7.71. The Bertz CT molecular complexity index is 676. The fraction of sp³-hybridized carbons (Fsp3) is 0.444. The summed E-state index contributed by atoms with van der Waals surface area (Å²) < 4.78 is 5.96. The van der Waals surface area contributed by atoms with Crippen molar-refractivity contribution < 1.29 is 9.53 Å². The van der Waals surface area contributed by atoms with Gasteiger partial charge in [0.15, 0.2) is 0 Å². The Kier molecular flexibility index (Phi) is 5.41. The minimum absolute atomic E-state index is 0.00135. The summed E-state index contributed by atoms with van der Waals surface area (Å²) in [4.78, 5) is 14.4. The van der Waals surface area contributed by atoms with E-state index in [9.17, 15) is 4.79 Å². The number of nitrogens with one attached hydrogen (secondary N) is 1. The van der Waals surface area contributed by atoms with Crippen molar-refractivity contribution in [2.45, 2.75) is 38.7 Å². The SMILES string of the molecule is CCCc1cc(C(=O)N2CCC(Oc3ccc(Cl)cc3)CC2)n[nH]1. The van der Waals surface area contributed by atoms with Gasteiger partial charge in [-0.1, -0.05) is 24.9 Å². The number of likely N-dealkylation sites (tertiary alicyclic amines) is 1. The van der Waals surface area contributed by atoms with Crippen molar-refractivity contribution in [2.24, 2.45) is 0 Å². The van der Waals surface area contributed by atoms with E-state index in [-0.39, 0.29) is 12.0 Å². The largest absolute Gasteiger partial charge is 0.490 e. The van der Waals surface area contributed by atoms with Crippen LogP contribution in [0.15, 0.2) is 30.3 Å². The zero-order chi connectivity index (χ0) is 16.9. The summed E-state index contributed by atoms with van der Waals surface area (Å²) in [5, 5.41) is 7.78. The quantitative estimate of drug-likeness (QED) is 0.897. The molecule has 2 aromatic rings. The number of hydrogen-bond donors (Lipinski definition) is 1. The molecule has 1 aliphatic rings. The lowest BCUT2D eigenvalue weighted by Crippen LogP contribution is -2.41. The van der Waals surface area contributed by atoms with Gasteiger partial charge in [-0.2, -0.15) is 5.10 Å². The molecular weight excluding hydrogens is 326 g/mol. The van der Waals surface area contributed by atoms with Gasteiger partial charge in [0.05, 0.1) is 0 Å². The number of aromatic nitrogens is 2. The van der Waals surface area contributed by atoms with Gasteiger partial charge in [0.25, 0.3) is 5.91 Å². The van der Waals surface area contributed by atoms with E-state index in [1.54, 1.807) is 0 Å². The molecule has 1 fully saturated rings. The number of aryl methyl sites for hydroxylation is 1. The Labute approximate surface area is 147 Å². The van der Waals surface area contributed by atoms with Gasteiger partial charge < -0.3 is 9.64 Å². The molecule has 0 spiro atoms. The number of carbonyl (C=O) groups excluding carboxylic acids is 1. The van der Waals surface area contributed by atoms with Crippen molar-refractivity contribution in [3.05, 3.63) is 46.7 Å². The second-order valence-electron chi connectivity index (χ2n) is 6.09. The van der Waals surface area contributed by atoms with Crippen LogP contribution in [0.5, 0.6) is 5.75 Å². The maximum Gasteiger partial charge on any atom is 0.274 e. The molecule has 5 nitrogen and oxygen atoms in total. The molecule has 2 heterocycles. The molecule has 128 valence electrons. The van der Waals surface area contributed by atoms with Crippen molar-refractivity contribution >= 4 is 17.5 Å². The first-order valence-electron chi connectivity index (χ1n) is 8.41. The third kappa shape index (κ3) is 4.09. The van der Waals surface area contributed by atoms with E-state index in [0.29, 0.717) is 23.8 Å². The molecule has 0 aliphatic carbocycles. The van der Waals surface area contributed by atoms with Crippen LogP contribution in [0.25, 0.3) is 0 Å². The molecule has 1 amide bonds. The number of benzene rings is 1. The number of ether oxygens (including phenoxy) is 1. The van der Waals surface area contributed by atoms with Gasteiger partial charge in [0.1, 0.15) is 17.5 Å². The summed E-state index contributed by atoms with van der Waals surface area (Å²) in [5.41, 5.74) is 1.53. The van der Waals surface area contributed by atoms with Crippen LogP contribution in [0.2, 0.25) is 5.02 Å². The first-order valence-corrected chi connectivity index (χ1v) is 8.79. The molecule has 1 aromatic carbocycles. The summed E-state index contributed by atoms with van der Waals surface area (Å²) in [5.74, 6) is 0.819. The highest BCUT2D eigenvalue weighted by atomic mass is 35.5. The summed E-state index contributed by atoms with van der Waals surface area (Å²) in [6.45, 7) is 3.48. The number of rotatable bonds is 5. The highest BCUT2D eigenvalue weighted by Gasteiger charge is 2.26. The summed E-state index contributed by atoms with van der Waals surface area (Å²) in [7, 11) is 0. The van der Waals surface area contributed by atoms with E-state index in [2.05, 4.69) is 17.1 Å². The maximum atomic E-state index is 12.5. The van der Waals surface area contributed by atoms with Crippen molar-refractivity contribution in [3.63, 3.8) is 0 Å². The fourth-order valence-corrected chi connectivity index (χ4v) is 3.04. The fourth-order valence-electron chi connectivity index (χ4n) is 2.91. The Balaban J connectivity index is 1.52. The zero-order valence-electron chi connectivity index (χ0n) is 13.8. The topological polar surface area (TPSA) is 58.2 Å². The average Bonchev–Trinajstić information content (AvgIpc) is 3.06. The molecule has 3 rings (SSSR count). The van der Waals surface area contributed by atoms with E-state index in [4.69, 9.17) is 16.3 Å². The van der Waals surface area contributed by atoms with E-state index in [0.717, 1.165) is 37.1 Å². The van der Waals surface area contributed by atoms with Gasteiger partial charge >= 0.3 is 0 Å². The van der Waals surface area contributed by atoms with E-state index >= 15 is 0 Å². The first kappa shape index (κ1) is 16.8. The number of nitrogens with zero attached hydrogens (tertiary/aromatic N) is 2. The molecule has 0 unspecified atom stereocenters. The third-order valence-corrected chi connectivity index (χ3v) is 4.47. The molecule has 6 heteroatoms. The lowest BCUT2D eigenvalue weighted by Gasteiger charge is -2.31. The van der Waals surface area contributed by atoms with Crippen molar-refractivity contribution in [1.82, 2.24) is 15.1 Å². The van der Waals surface area contributed by atoms with Crippen molar-refractivity contribution in [2.75, 3.05) is 13.1 Å². The number of piperidine rings is 1. The average molecular weight is 348 g/mol. The second-order valence-corrected chi connectivity index (χ2v) is 6.53. The van der Waals surface area contributed by atoms with Crippen LogP contribution in [0.3, 0.4) is 0 Å². The highest BCUT2D eigenvalue weighted by Crippen LogP contribution is 2.21. The van der Waals surface area contributed by atoms with Crippen LogP contribution in [-0.2, 0) is 6.42 Å². The van der Waals surface area contributed by atoms with E-state index < -0.39 is 0 Å². The van der Waals surface area contributed by atoms with E-state index in [1.807, 2.05) is 35.2 Å². The van der Waals surface area contributed by atoms with Crippen LogP contribution in [-0.4, -0.2) is 40.2 Å². The van der Waals surface area contributed by atoms with Gasteiger partial charge in [0.2, 0.25) is 0 Å². The molecule has 1 saturated heterocycles.